The standard InChI is InChI=1S/C11H11ClN4OS/c1-7(18-11-13-6-14-16-11)10(17)15-9-5-3-2-4-8(9)12/h2-7H,1H3,(H,15,17)(H,13,14,16)/t7-/m0/s1. The number of hydrogen-bond donors (Lipinski definition) is 2. The Balaban J connectivity index is 1.98. The largest absolute Gasteiger partial charge is 0.324 e. The van der Waals surface area contributed by atoms with Crippen LogP contribution in [0.15, 0.2) is 35.7 Å². The molecular formula is C11H11ClN4OS. The van der Waals surface area contributed by atoms with E-state index in [2.05, 4.69) is 20.5 Å². The van der Waals surface area contributed by atoms with E-state index in [1.54, 1.807) is 19.1 Å². The molecule has 7 heteroatoms. The number of H-pyrrole nitrogens is 1. The Kier molecular flexibility index (Phi) is 4.22. The zero-order chi connectivity index (χ0) is 13.0. The highest BCUT2D eigenvalue weighted by Crippen LogP contribution is 2.23. The van der Waals surface area contributed by atoms with E-state index in [0.717, 1.165) is 0 Å². The number of para-hydroxylation sites is 1. The first kappa shape index (κ1) is 12.9. The minimum absolute atomic E-state index is 0.135. The average molecular weight is 283 g/mol. The highest BCUT2D eigenvalue weighted by molar-refractivity contribution is 8.00. The van der Waals surface area contributed by atoms with E-state index in [1.807, 2.05) is 12.1 Å². The molecule has 0 aliphatic carbocycles. The highest BCUT2D eigenvalue weighted by Gasteiger charge is 2.16. The van der Waals surface area contributed by atoms with E-state index in [9.17, 15) is 4.79 Å². The van der Waals surface area contributed by atoms with Crippen LogP contribution in [0.4, 0.5) is 5.69 Å². The number of nitrogens with zero attached hydrogens (tertiary/aromatic N) is 2. The highest BCUT2D eigenvalue weighted by atomic mass is 35.5. The van der Waals surface area contributed by atoms with E-state index < -0.39 is 0 Å². The number of rotatable bonds is 4. The summed E-state index contributed by atoms with van der Waals surface area (Å²) >= 11 is 7.26. The number of halogens is 1. The minimum atomic E-state index is -0.297. The lowest BCUT2D eigenvalue weighted by molar-refractivity contribution is -0.115. The lowest BCUT2D eigenvalue weighted by Crippen LogP contribution is -2.22. The zero-order valence-electron chi connectivity index (χ0n) is 9.55. The monoisotopic (exact) mass is 282 g/mol. The molecule has 2 N–H and O–H groups in total. The number of carbonyl (C=O) groups excluding carboxylic acids is 1. The summed E-state index contributed by atoms with van der Waals surface area (Å²) < 4.78 is 0. The van der Waals surface area contributed by atoms with Gasteiger partial charge in [-0.25, -0.2) is 4.98 Å². The molecule has 18 heavy (non-hydrogen) atoms. The molecule has 5 nitrogen and oxygen atoms in total. The van der Waals surface area contributed by atoms with Gasteiger partial charge in [-0.3, -0.25) is 9.89 Å². The minimum Gasteiger partial charge on any atom is -0.324 e. The summed E-state index contributed by atoms with van der Waals surface area (Å²) in [7, 11) is 0. The van der Waals surface area contributed by atoms with Crippen LogP contribution in [0.25, 0.3) is 0 Å². The van der Waals surface area contributed by atoms with E-state index in [1.165, 1.54) is 18.1 Å². The average Bonchev–Trinajstić information content (AvgIpc) is 2.84. The molecule has 0 aliphatic heterocycles. The van der Waals surface area contributed by atoms with E-state index in [-0.39, 0.29) is 11.2 Å². The molecular weight excluding hydrogens is 272 g/mol. The molecule has 0 saturated heterocycles. The Bertz CT molecular complexity index is 532. The molecule has 0 fully saturated rings. The van der Waals surface area contributed by atoms with Crippen molar-refractivity contribution in [1.29, 1.82) is 0 Å². The molecule has 0 unspecified atom stereocenters. The molecule has 2 aromatic rings. The normalized spacial score (nSPS) is 12.1. The molecule has 0 saturated carbocycles. The van der Waals surface area contributed by atoms with Crippen LogP contribution >= 0.6 is 23.4 Å². The van der Waals surface area contributed by atoms with Crippen molar-refractivity contribution in [3.05, 3.63) is 35.6 Å². The van der Waals surface area contributed by atoms with Crippen molar-refractivity contribution in [3.63, 3.8) is 0 Å². The molecule has 1 amide bonds. The quantitative estimate of drug-likeness (QED) is 0.846. The second kappa shape index (κ2) is 5.88. The second-order valence-electron chi connectivity index (χ2n) is 3.52. The van der Waals surface area contributed by atoms with Crippen molar-refractivity contribution >= 4 is 35.0 Å². The summed E-state index contributed by atoms with van der Waals surface area (Å²) in [5.41, 5.74) is 0.606. The van der Waals surface area contributed by atoms with E-state index in [4.69, 9.17) is 11.6 Å². The molecule has 0 bridgehead atoms. The summed E-state index contributed by atoms with van der Waals surface area (Å²) in [6.07, 6.45) is 1.40. The number of anilines is 1. The van der Waals surface area contributed by atoms with Gasteiger partial charge in [0.1, 0.15) is 6.33 Å². The molecule has 1 aromatic carbocycles. The number of aromatic nitrogens is 3. The van der Waals surface area contributed by atoms with E-state index >= 15 is 0 Å². The Morgan fingerprint density at radius 3 is 2.94 bits per heavy atom. The third-order valence-corrected chi connectivity index (χ3v) is 3.50. The summed E-state index contributed by atoms with van der Waals surface area (Å²) in [5.74, 6) is -0.135. The van der Waals surface area contributed by atoms with Gasteiger partial charge in [-0.1, -0.05) is 35.5 Å². The van der Waals surface area contributed by atoms with Crippen LogP contribution in [0.3, 0.4) is 0 Å². The fourth-order valence-electron chi connectivity index (χ4n) is 1.27. The maximum absolute atomic E-state index is 11.9. The topological polar surface area (TPSA) is 70.7 Å². The van der Waals surface area contributed by atoms with Crippen LogP contribution < -0.4 is 5.32 Å². The van der Waals surface area contributed by atoms with Crippen LogP contribution in [0.1, 0.15) is 6.92 Å². The predicted octanol–water partition coefficient (Wildman–Crippen LogP) is 2.58. The van der Waals surface area contributed by atoms with Crippen LogP contribution in [0.2, 0.25) is 5.02 Å². The van der Waals surface area contributed by atoms with Crippen LogP contribution in [-0.4, -0.2) is 26.3 Å². The number of amides is 1. The molecule has 1 heterocycles. The predicted molar refractivity (Wildman–Crippen MR) is 71.8 cm³/mol. The van der Waals surface area contributed by atoms with Gasteiger partial charge in [0.2, 0.25) is 5.91 Å². The lowest BCUT2D eigenvalue weighted by atomic mass is 10.3. The fourth-order valence-corrected chi connectivity index (χ4v) is 2.17. The maximum atomic E-state index is 11.9. The Hall–Kier alpha value is -1.53. The number of aromatic amines is 1. The Morgan fingerprint density at radius 2 is 2.28 bits per heavy atom. The van der Waals surface area contributed by atoms with Gasteiger partial charge < -0.3 is 5.32 Å². The van der Waals surface area contributed by atoms with Crippen molar-refractivity contribution in [2.24, 2.45) is 0 Å². The molecule has 0 radical (unpaired) electrons. The number of hydrogen-bond acceptors (Lipinski definition) is 4. The molecule has 0 aliphatic rings. The Morgan fingerprint density at radius 1 is 1.50 bits per heavy atom. The third-order valence-electron chi connectivity index (χ3n) is 2.18. The zero-order valence-corrected chi connectivity index (χ0v) is 11.1. The van der Waals surface area contributed by atoms with Crippen molar-refractivity contribution < 1.29 is 4.79 Å². The number of carbonyl (C=O) groups is 1. The van der Waals surface area contributed by atoms with Crippen LogP contribution in [0.5, 0.6) is 0 Å². The number of nitrogens with one attached hydrogen (secondary N) is 2. The maximum Gasteiger partial charge on any atom is 0.237 e. The fraction of sp³-hybridized carbons (Fsp3) is 0.182. The van der Waals surface area contributed by atoms with E-state index in [0.29, 0.717) is 15.9 Å². The summed E-state index contributed by atoms with van der Waals surface area (Å²) in [6.45, 7) is 1.79. The first-order valence-corrected chi connectivity index (χ1v) is 6.50. The van der Waals surface area contributed by atoms with Gasteiger partial charge in [0.15, 0.2) is 5.16 Å². The summed E-state index contributed by atoms with van der Waals surface area (Å²) in [6, 6.07) is 7.11. The van der Waals surface area contributed by atoms with Gasteiger partial charge in [-0.05, 0) is 19.1 Å². The molecule has 1 aromatic heterocycles. The first-order chi connectivity index (χ1) is 8.66. The van der Waals surface area contributed by atoms with Gasteiger partial charge in [-0.2, -0.15) is 5.10 Å². The third kappa shape index (κ3) is 3.24. The summed E-state index contributed by atoms with van der Waals surface area (Å²) in [4.78, 5) is 15.9. The smallest absolute Gasteiger partial charge is 0.237 e. The molecule has 1 atom stereocenters. The van der Waals surface area contributed by atoms with Gasteiger partial charge in [0.05, 0.1) is 16.0 Å². The lowest BCUT2D eigenvalue weighted by Gasteiger charge is -2.11. The summed E-state index contributed by atoms with van der Waals surface area (Å²) in [5, 5.41) is 10.0. The number of benzene rings is 1. The van der Waals surface area contributed by atoms with Crippen LogP contribution in [-0.2, 0) is 4.79 Å². The Labute approximate surface area is 113 Å². The van der Waals surface area contributed by atoms with Gasteiger partial charge in [0, 0.05) is 0 Å². The molecule has 0 spiro atoms. The van der Waals surface area contributed by atoms with Crippen molar-refractivity contribution in [2.75, 3.05) is 5.32 Å². The van der Waals surface area contributed by atoms with Gasteiger partial charge >= 0.3 is 0 Å². The first-order valence-electron chi connectivity index (χ1n) is 5.24. The van der Waals surface area contributed by atoms with Crippen molar-refractivity contribution in [3.8, 4) is 0 Å². The van der Waals surface area contributed by atoms with Gasteiger partial charge in [-0.15, -0.1) is 0 Å². The number of thioether (sulfide) groups is 1. The second-order valence-corrected chi connectivity index (χ2v) is 5.26. The SMILES string of the molecule is C[C@H](Sc1ncn[nH]1)C(=O)Nc1ccccc1Cl. The van der Waals surface area contributed by atoms with Crippen molar-refractivity contribution in [1.82, 2.24) is 15.2 Å². The molecule has 94 valence electrons. The van der Waals surface area contributed by atoms with Crippen molar-refractivity contribution in [2.45, 2.75) is 17.3 Å². The van der Waals surface area contributed by atoms with Crippen LogP contribution in [0, 0.1) is 0 Å². The molecule has 2 rings (SSSR count). The van der Waals surface area contributed by atoms with Gasteiger partial charge in [0.25, 0.3) is 0 Å².